The van der Waals surface area contributed by atoms with E-state index in [1.165, 1.54) is 19.4 Å². The molecule has 0 spiro atoms. The smallest absolute Gasteiger partial charge is 0.341 e. The number of thiophene rings is 1. The van der Waals surface area contributed by atoms with Crippen LogP contribution in [0.25, 0.3) is 0 Å². The fourth-order valence-corrected chi connectivity index (χ4v) is 3.51. The van der Waals surface area contributed by atoms with Gasteiger partial charge in [-0.3, -0.25) is 14.4 Å². The Hall–Kier alpha value is -3.14. The molecule has 0 aliphatic heterocycles. The molecule has 2 aromatic heterocycles. The molecule has 0 aliphatic carbocycles. The van der Waals surface area contributed by atoms with Crippen molar-refractivity contribution in [3.63, 3.8) is 0 Å². The van der Waals surface area contributed by atoms with Gasteiger partial charge in [-0.05, 0) is 31.5 Å². The number of anilines is 1. The van der Waals surface area contributed by atoms with Crippen molar-refractivity contribution in [1.82, 2.24) is 10.6 Å². The third-order valence-corrected chi connectivity index (χ3v) is 4.90. The standard InChI is InChI=1S/C18H21N3O6S/c1-4-26-18(25)13-10(2)14(16(24)19-3)28-17(13)21-12(22)7-8-20-15(23)11-6-5-9-27-11/h5-6,9H,4,7-8H2,1-3H3,(H,19,24)(H,20,23)(H,21,22). The lowest BCUT2D eigenvalue weighted by Crippen LogP contribution is -2.27. The Kier molecular flexibility index (Phi) is 7.33. The molecule has 0 aromatic carbocycles. The molecular weight excluding hydrogens is 386 g/mol. The van der Waals surface area contributed by atoms with Gasteiger partial charge in [0.2, 0.25) is 5.91 Å². The van der Waals surface area contributed by atoms with E-state index in [1.54, 1.807) is 19.9 Å². The molecule has 0 atom stereocenters. The van der Waals surface area contributed by atoms with Gasteiger partial charge in [0.05, 0.1) is 23.3 Å². The highest BCUT2D eigenvalue weighted by Gasteiger charge is 2.26. The van der Waals surface area contributed by atoms with E-state index in [-0.39, 0.29) is 41.8 Å². The SMILES string of the molecule is CCOC(=O)c1c(NC(=O)CCNC(=O)c2ccco2)sc(C(=O)NC)c1C. The van der Waals surface area contributed by atoms with Crippen molar-refractivity contribution in [2.45, 2.75) is 20.3 Å². The van der Waals surface area contributed by atoms with Crippen molar-refractivity contribution in [3.05, 3.63) is 40.2 Å². The third kappa shape index (κ3) is 4.97. The largest absolute Gasteiger partial charge is 0.462 e. The van der Waals surface area contributed by atoms with Gasteiger partial charge in [0, 0.05) is 20.0 Å². The van der Waals surface area contributed by atoms with Crippen LogP contribution in [0.15, 0.2) is 22.8 Å². The van der Waals surface area contributed by atoms with Crippen LogP contribution in [0.4, 0.5) is 5.00 Å². The van der Waals surface area contributed by atoms with Crippen molar-refractivity contribution in [3.8, 4) is 0 Å². The fraction of sp³-hybridized carbons (Fsp3) is 0.333. The second-order valence-corrected chi connectivity index (χ2v) is 6.61. The van der Waals surface area contributed by atoms with Crippen molar-refractivity contribution in [2.75, 3.05) is 25.5 Å². The van der Waals surface area contributed by atoms with E-state index < -0.39 is 17.8 Å². The summed E-state index contributed by atoms with van der Waals surface area (Å²) in [5.41, 5.74) is 0.586. The lowest BCUT2D eigenvalue weighted by molar-refractivity contribution is -0.116. The normalized spacial score (nSPS) is 10.2. The minimum atomic E-state index is -0.618. The molecule has 0 aliphatic rings. The highest BCUT2D eigenvalue weighted by Crippen LogP contribution is 2.33. The van der Waals surface area contributed by atoms with Crippen LogP contribution in [0.1, 0.15) is 49.5 Å². The Morgan fingerprint density at radius 3 is 2.57 bits per heavy atom. The zero-order valence-electron chi connectivity index (χ0n) is 15.7. The molecule has 10 heteroatoms. The van der Waals surface area contributed by atoms with Gasteiger partial charge in [0.25, 0.3) is 11.8 Å². The summed E-state index contributed by atoms with van der Waals surface area (Å²) in [6.45, 7) is 3.52. The van der Waals surface area contributed by atoms with E-state index in [2.05, 4.69) is 16.0 Å². The Balaban J connectivity index is 2.06. The van der Waals surface area contributed by atoms with E-state index in [1.807, 2.05) is 0 Å². The number of furan rings is 1. The summed E-state index contributed by atoms with van der Waals surface area (Å²) in [6, 6.07) is 3.09. The van der Waals surface area contributed by atoms with Crippen LogP contribution in [-0.4, -0.2) is 43.9 Å². The van der Waals surface area contributed by atoms with Crippen molar-refractivity contribution in [1.29, 1.82) is 0 Å². The third-order valence-electron chi connectivity index (χ3n) is 3.70. The molecule has 0 fully saturated rings. The van der Waals surface area contributed by atoms with Crippen LogP contribution in [0.3, 0.4) is 0 Å². The number of nitrogens with one attached hydrogen (secondary N) is 3. The molecule has 150 valence electrons. The molecule has 28 heavy (non-hydrogen) atoms. The average Bonchev–Trinajstić information content (AvgIpc) is 3.29. The number of amides is 3. The van der Waals surface area contributed by atoms with Gasteiger partial charge in [0.15, 0.2) is 5.76 Å². The molecule has 2 rings (SSSR count). The topological polar surface area (TPSA) is 127 Å². The Morgan fingerprint density at radius 1 is 1.21 bits per heavy atom. The second-order valence-electron chi connectivity index (χ2n) is 5.59. The number of carbonyl (C=O) groups is 4. The predicted octanol–water partition coefficient (Wildman–Crippen LogP) is 1.94. The van der Waals surface area contributed by atoms with Crippen molar-refractivity contribution >= 4 is 40.0 Å². The van der Waals surface area contributed by atoms with Crippen LogP contribution in [-0.2, 0) is 9.53 Å². The van der Waals surface area contributed by atoms with E-state index >= 15 is 0 Å². The van der Waals surface area contributed by atoms with Crippen LogP contribution in [0, 0.1) is 6.92 Å². The van der Waals surface area contributed by atoms with Gasteiger partial charge in [-0.15, -0.1) is 11.3 Å². The number of carbonyl (C=O) groups excluding carboxylic acids is 4. The summed E-state index contributed by atoms with van der Waals surface area (Å²) in [5, 5.41) is 7.91. The number of hydrogen-bond acceptors (Lipinski definition) is 7. The minimum absolute atomic E-state index is 0.0268. The Bertz CT molecular complexity index is 872. The van der Waals surface area contributed by atoms with E-state index in [9.17, 15) is 19.2 Å². The molecule has 0 saturated carbocycles. The average molecular weight is 407 g/mol. The first-order valence-electron chi connectivity index (χ1n) is 8.53. The molecule has 2 aromatic rings. The van der Waals surface area contributed by atoms with Crippen molar-refractivity contribution < 1.29 is 28.3 Å². The van der Waals surface area contributed by atoms with Gasteiger partial charge < -0.3 is 25.1 Å². The summed E-state index contributed by atoms with van der Waals surface area (Å²) in [7, 11) is 1.48. The second kappa shape index (κ2) is 9.70. The summed E-state index contributed by atoms with van der Waals surface area (Å²) in [4.78, 5) is 48.6. The van der Waals surface area contributed by atoms with Crippen LogP contribution < -0.4 is 16.0 Å². The number of rotatable bonds is 8. The molecule has 0 unspecified atom stereocenters. The van der Waals surface area contributed by atoms with Gasteiger partial charge in [0.1, 0.15) is 5.00 Å². The molecule has 9 nitrogen and oxygen atoms in total. The van der Waals surface area contributed by atoms with E-state index in [0.717, 1.165) is 11.3 Å². The molecule has 0 saturated heterocycles. The number of esters is 1. The molecule has 3 amide bonds. The Morgan fingerprint density at radius 2 is 1.96 bits per heavy atom. The van der Waals surface area contributed by atoms with Gasteiger partial charge in [-0.25, -0.2) is 4.79 Å². The predicted molar refractivity (Wildman–Crippen MR) is 103 cm³/mol. The monoisotopic (exact) mass is 407 g/mol. The lowest BCUT2D eigenvalue weighted by atomic mass is 10.1. The summed E-state index contributed by atoms with van der Waals surface area (Å²) in [6.07, 6.45) is 1.35. The minimum Gasteiger partial charge on any atom is -0.462 e. The summed E-state index contributed by atoms with van der Waals surface area (Å²) >= 11 is 0.992. The van der Waals surface area contributed by atoms with Crippen molar-refractivity contribution in [2.24, 2.45) is 0 Å². The molecule has 0 bridgehead atoms. The molecular formula is C18H21N3O6S. The fourth-order valence-electron chi connectivity index (χ4n) is 2.35. The van der Waals surface area contributed by atoms with Crippen LogP contribution >= 0.6 is 11.3 Å². The van der Waals surface area contributed by atoms with Crippen LogP contribution in [0.2, 0.25) is 0 Å². The first-order chi connectivity index (χ1) is 13.4. The lowest BCUT2D eigenvalue weighted by Gasteiger charge is -2.07. The first-order valence-corrected chi connectivity index (χ1v) is 9.34. The van der Waals surface area contributed by atoms with Gasteiger partial charge in [-0.2, -0.15) is 0 Å². The molecule has 3 N–H and O–H groups in total. The quantitative estimate of drug-likeness (QED) is 0.574. The zero-order chi connectivity index (χ0) is 20.7. The number of ether oxygens (including phenoxy) is 1. The first kappa shape index (κ1) is 21.2. The van der Waals surface area contributed by atoms with E-state index in [4.69, 9.17) is 9.15 Å². The molecule has 2 heterocycles. The maximum absolute atomic E-state index is 12.3. The maximum atomic E-state index is 12.3. The summed E-state index contributed by atoms with van der Waals surface area (Å²) in [5.74, 6) is -1.69. The Labute approximate surface area is 165 Å². The molecule has 0 radical (unpaired) electrons. The van der Waals surface area contributed by atoms with Gasteiger partial charge >= 0.3 is 5.97 Å². The van der Waals surface area contributed by atoms with Gasteiger partial charge in [-0.1, -0.05) is 0 Å². The highest BCUT2D eigenvalue weighted by atomic mass is 32.1. The maximum Gasteiger partial charge on any atom is 0.341 e. The van der Waals surface area contributed by atoms with Crippen LogP contribution in [0.5, 0.6) is 0 Å². The highest BCUT2D eigenvalue weighted by molar-refractivity contribution is 7.18. The summed E-state index contributed by atoms with van der Waals surface area (Å²) < 4.78 is 9.99. The number of hydrogen-bond donors (Lipinski definition) is 3. The zero-order valence-corrected chi connectivity index (χ0v) is 16.5. The van der Waals surface area contributed by atoms with E-state index in [0.29, 0.717) is 10.4 Å².